The third kappa shape index (κ3) is 3.69. The molecule has 0 fully saturated rings. The molecule has 0 bridgehead atoms. The van der Waals surface area contributed by atoms with E-state index in [-0.39, 0.29) is 5.54 Å². The van der Waals surface area contributed by atoms with Crippen molar-refractivity contribution in [2.75, 3.05) is 0 Å². The van der Waals surface area contributed by atoms with Crippen LogP contribution < -0.4 is 0 Å². The van der Waals surface area contributed by atoms with Gasteiger partial charge in [-0.2, -0.15) is 0 Å². The van der Waals surface area contributed by atoms with Crippen molar-refractivity contribution in [3.05, 3.63) is 12.1 Å². The number of nitrogens with zero attached hydrogens (tertiary/aromatic N) is 2. The van der Waals surface area contributed by atoms with Gasteiger partial charge in [-0.15, -0.1) is 0 Å². The first-order chi connectivity index (χ1) is 5.19. The molecule has 0 unspecified atom stereocenters. The third-order valence-corrected chi connectivity index (χ3v) is 1.55. The Morgan fingerprint density at radius 1 is 1.25 bits per heavy atom. The first kappa shape index (κ1) is 11.4. The summed E-state index contributed by atoms with van der Waals surface area (Å²) >= 11 is 0. The number of hydroxylamine groups is 1. The molecule has 0 N–H and O–H groups in total. The van der Waals surface area contributed by atoms with Crippen molar-refractivity contribution >= 4 is 0 Å². The van der Waals surface area contributed by atoms with Crippen LogP contribution in [-0.2, 0) is 0 Å². The summed E-state index contributed by atoms with van der Waals surface area (Å²) in [6.07, 6.45) is 0.627. The maximum atomic E-state index is 11.4. The van der Waals surface area contributed by atoms with E-state index < -0.39 is 5.54 Å². The minimum atomic E-state index is -0.452. The largest absolute Gasteiger partial charge is 0.600 e. The quantitative estimate of drug-likeness (QED) is 0.357. The molecule has 0 aromatic heterocycles. The fraction of sp³-hybridized carbons (Fsp3) is 0.889. The lowest BCUT2D eigenvalue weighted by Gasteiger charge is -2.20. The second kappa shape index (κ2) is 3.42. The van der Waals surface area contributed by atoms with Gasteiger partial charge in [0.2, 0.25) is 0 Å². The molecule has 0 aliphatic carbocycles. The molecule has 0 spiro atoms. The first-order valence-electron chi connectivity index (χ1n) is 4.18. The Hall–Kier alpha value is -0.600. The number of hydrogen-bond donors (Lipinski definition) is 0. The monoisotopic (exact) mass is 171 g/mol. The molecule has 0 aromatic carbocycles. The van der Waals surface area contributed by atoms with E-state index in [4.69, 9.17) is 0 Å². The van der Waals surface area contributed by atoms with E-state index in [1.54, 1.807) is 0 Å². The van der Waals surface area contributed by atoms with E-state index in [0.29, 0.717) is 6.42 Å². The summed E-state index contributed by atoms with van der Waals surface area (Å²) in [5.41, 5.74) is -0.804. The molecule has 0 aromatic rings. The lowest BCUT2D eigenvalue weighted by atomic mass is 10.0. The molecule has 0 rings (SSSR count). The maximum Gasteiger partial charge on any atom is 0.190 e. The Bertz CT molecular complexity index is 177. The molecule has 0 atom stereocenters. The van der Waals surface area contributed by atoms with E-state index in [9.17, 15) is 5.21 Å². The van der Waals surface area contributed by atoms with E-state index in [0.717, 1.165) is 4.86 Å². The number of azo groups is 1. The lowest BCUT2D eigenvalue weighted by Crippen LogP contribution is -2.31. The second-order valence-electron chi connectivity index (χ2n) is 4.61. The molecule has 0 aliphatic heterocycles. The maximum absolute atomic E-state index is 11.4. The molecular weight excluding hydrogens is 152 g/mol. The van der Waals surface area contributed by atoms with Crippen LogP contribution in [0.3, 0.4) is 0 Å². The molecule has 0 saturated heterocycles. The Labute approximate surface area is 75.1 Å². The van der Waals surface area contributed by atoms with Crippen molar-refractivity contribution in [3.63, 3.8) is 0 Å². The van der Waals surface area contributed by atoms with Crippen molar-refractivity contribution in [2.45, 2.75) is 52.1 Å². The summed E-state index contributed by atoms with van der Waals surface area (Å²) in [7, 11) is 0. The molecule has 3 nitrogen and oxygen atoms in total. The molecule has 0 heterocycles. The topological polar surface area (TPSA) is 38.4 Å². The van der Waals surface area contributed by atoms with Crippen LogP contribution >= 0.6 is 0 Å². The van der Waals surface area contributed by atoms with Crippen LogP contribution in [0.1, 0.15) is 41.0 Å². The Kier molecular flexibility index (Phi) is 3.25. The molecule has 3 heteroatoms. The predicted molar refractivity (Wildman–Crippen MR) is 49.9 cm³/mol. The van der Waals surface area contributed by atoms with E-state index in [1.807, 2.05) is 34.6 Å². The standard InChI is InChI=1S/C9H19N2O/c1-7-9(5,6)10-11(12)8(2,3)4/h1,7H2,2-6H3. The van der Waals surface area contributed by atoms with Crippen LogP contribution in [0.2, 0.25) is 0 Å². The molecular formula is C9H19N2O. The van der Waals surface area contributed by atoms with Gasteiger partial charge >= 0.3 is 0 Å². The summed E-state index contributed by atoms with van der Waals surface area (Å²) in [5, 5.41) is 15.4. The predicted octanol–water partition coefficient (Wildman–Crippen LogP) is 2.75. The Morgan fingerprint density at radius 3 is 1.92 bits per heavy atom. The zero-order valence-electron chi connectivity index (χ0n) is 8.72. The number of rotatable bonds is 2. The highest BCUT2D eigenvalue weighted by atomic mass is 16.5. The van der Waals surface area contributed by atoms with Gasteiger partial charge in [0.1, 0.15) is 5.54 Å². The van der Waals surface area contributed by atoms with Gasteiger partial charge in [-0.25, -0.2) is 0 Å². The molecule has 71 valence electrons. The van der Waals surface area contributed by atoms with Gasteiger partial charge < -0.3 is 5.21 Å². The average molecular weight is 171 g/mol. The molecule has 0 aliphatic rings. The lowest BCUT2D eigenvalue weighted by molar-refractivity contribution is -0.604. The normalized spacial score (nSPS) is 15.0. The Morgan fingerprint density at radius 2 is 1.67 bits per heavy atom. The van der Waals surface area contributed by atoms with Crippen LogP contribution in [0.4, 0.5) is 0 Å². The van der Waals surface area contributed by atoms with Crippen LogP contribution in [0.15, 0.2) is 5.11 Å². The number of hydrogen-bond acceptors (Lipinski definition) is 2. The fourth-order valence-electron chi connectivity index (χ4n) is 0.446. The molecule has 0 saturated carbocycles. The highest BCUT2D eigenvalue weighted by molar-refractivity contribution is 4.74. The SMILES string of the molecule is [CH2]CC(C)(C)N=[N+]([O-])C(C)(C)C. The van der Waals surface area contributed by atoms with E-state index >= 15 is 0 Å². The summed E-state index contributed by atoms with van der Waals surface area (Å²) in [5.74, 6) is 0. The van der Waals surface area contributed by atoms with Crippen molar-refractivity contribution in [2.24, 2.45) is 5.11 Å². The van der Waals surface area contributed by atoms with Crippen LogP contribution in [0, 0.1) is 12.1 Å². The summed E-state index contributed by atoms with van der Waals surface area (Å²) in [4.78, 5) is 0.762. The second-order valence-corrected chi connectivity index (χ2v) is 4.61. The summed E-state index contributed by atoms with van der Waals surface area (Å²) < 4.78 is 0. The van der Waals surface area contributed by atoms with Gasteiger partial charge in [-0.1, -0.05) is 11.8 Å². The van der Waals surface area contributed by atoms with Gasteiger partial charge in [-0.3, -0.25) is 0 Å². The van der Waals surface area contributed by atoms with E-state index in [1.165, 1.54) is 0 Å². The minimum absolute atomic E-state index is 0.352. The van der Waals surface area contributed by atoms with Gasteiger partial charge in [0.05, 0.1) is 0 Å². The zero-order valence-corrected chi connectivity index (χ0v) is 8.72. The minimum Gasteiger partial charge on any atom is -0.600 e. The average Bonchev–Trinajstić information content (AvgIpc) is 1.85. The van der Waals surface area contributed by atoms with Gasteiger partial charge in [-0.05, 0) is 25.4 Å². The van der Waals surface area contributed by atoms with Crippen molar-refractivity contribution in [1.29, 1.82) is 0 Å². The third-order valence-electron chi connectivity index (χ3n) is 1.55. The highest BCUT2D eigenvalue weighted by Gasteiger charge is 2.25. The van der Waals surface area contributed by atoms with Gasteiger partial charge in [0.25, 0.3) is 0 Å². The van der Waals surface area contributed by atoms with Gasteiger partial charge in [0.15, 0.2) is 5.54 Å². The Balaban J connectivity index is 4.57. The highest BCUT2D eigenvalue weighted by Crippen LogP contribution is 2.16. The first-order valence-corrected chi connectivity index (χ1v) is 4.18. The zero-order chi connectivity index (χ0) is 9.99. The summed E-state index contributed by atoms with van der Waals surface area (Å²) in [6, 6.07) is 0. The van der Waals surface area contributed by atoms with Crippen LogP contribution in [-0.4, -0.2) is 15.9 Å². The fourth-order valence-corrected chi connectivity index (χ4v) is 0.446. The smallest absolute Gasteiger partial charge is 0.190 e. The summed E-state index contributed by atoms with van der Waals surface area (Å²) in [6.45, 7) is 13.0. The van der Waals surface area contributed by atoms with Crippen LogP contribution in [0.25, 0.3) is 0 Å². The molecule has 0 amide bonds. The van der Waals surface area contributed by atoms with Gasteiger partial charge in [0, 0.05) is 20.8 Å². The molecule has 12 heavy (non-hydrogen) atoms. The van der Waals surface area contributed by atoms with Crippen molar-refractivity contribution in [3.8, 4) is 0 Å². The van der Waals surface area contributed by atoms with E-state index in [2.05, 4.69) is 12.0 Å². The van der Waals surface area contributed by atoms with Crippen LogP contribution in [0.5, 0.6) is 0 Å². The molecule has 1 radical (unpaired) electrons. The van der Waals surface area contributed by atoms with Crippen molar-refractivity contribution in [1.82, 2.24) is 0 Å². The van der Waals surface area contributed by atoms with Crippen molar-refractivity contribution < 1.29 is 4.86 Å².